The number of aliphatic hydroxyl groups excluding tert-OH is 1. The van der Waals surface area contributed by atoms with Gasteiger partial charge in [-0.3, -0.25) is 19.2 Å². The first-order valence-electron chi connectivity index (χ1n) is 9.34. The summed E-state index contributed by atoms with van der Waals surface area (Å²) >= 11 is 0. The topological polar surface area (TPSA) is 135 Å². The van der Waals surface area contributed by atoms with Gasteiger partial charge in [0.05, 0.1) is 0 Å². The Labute approximate surface area is 143 Å². The molecule has 1 fully saturated rings. The van der Waals surface area contributed by atoms with Crippen LogP contribution in [0.5, 0.6) is 0 Å². The number of hydrogen-bond donors (Lipinski definition) is 1. The third-order valence-corrected chi connectivity index (χ3v) is 2.82. The second-order valence-electron chi connectivity index (χ2n) is 4.61. The minimum absolute atomic E-state index is 0.658. The zero-order valence-corrected chi connectivity index (χ0v) is 12.5. The largest absolute Gasteiger partial charge is 0.462 e. The smallest absolute Gasteiger partial charge is 0.303 e. The summed E-state index contributed by atoms with van der Waals surface area (Å²) in [7, 11) is 0. The Kier molecular flexibility index (Phi) is 5.07. The van der Waals surface area contributed by atoms with Crippen LogP contribution in [0.4, 0.5) is 0 Å². The Morgan fingerprint density at radius 3 is 2.17 bits per heavy atom. The highest BCUT2D eigenvalue weighted by molar-refractivity contribution is 5.68. The van der Waals surface area contributed by atoms with Crippen molar-refractivity contribution in [3.63, 3.8) is 0 Å². The lowest BCUT2D eigenvalue weighted by Crippen LogP contribution is -2.46. The molecule has 1 unspecified atom stereocenters. The summed E-state index contributed by atoms with van der Waals surface area (Å²) in [6.45, 7) is -3.80. The van der Waals surface area contributed by atoms with Crippen molar-refractivity contribution in [2.75, 3.05) is 6.61 Å². The lowest BCUT2D eigenvalue weighted by atomic mass is 10.1. The molecule has 1 heterocycles. The summed E-state index contributed by atoms with van der Waals surface area (Å²) in [6.07, 6.45) is -7.95. The maximum atomic E-state index is 11.6. The summed E-state index contributed by atoms with van der Waals surface area (Å²) in [5, 5.41) is 10.0. The van der Waals surface area contributed by atoms with Gasteiger partial charge in [0.25, 0.3) is 0 Å². The van der Waals surface area contributed by atoms with E-state index in [1.54, 1.807) is 0 Å². The van der Waals surface area contributed by atoms with Crippen LogP contribution in [-0.2, 0) is 42.9 Å². The third kappa shape index (κ3) is 5.78. The molecule has 1 aliphatic rings. The zero-order valence-electron chi connectivity index (χ0n) is 16.5. The highest BCUT2D eigenvalue weighted by Crippen LogP contribution is 2.29. The van der Waals surface area contributed by atoms with Gasteiger partial charge in [0.15, 0.2) is 24.6 Å². The van der Waals surface area contributed by atoms with Gasteiger partial charge in [0, 0.05) is 33.1 Å². The second-order valence-corrected chi connectivity index (χ2v) is 4.61. The van der Waals surface area contributed by atoms with Crippen molar-refractivity contribution in [3.8, 4) is 0 Å². The van der Waals surface area contributed by atoms with Crippen LogP contribution in [0.3, 0.4) is 0 Å². The molecule has 1 N–H and O–H groups in total. The van der Waals surface area contributed by atoms with Crippen molar-refractivity contribution < 1.29 is 53.5 Å². The minimum Gasteiger partial charge on any atom is -0.462 e. The Morgan fingerprint density at radius 2 is 1.58 bits per heavy atom. The molecule has 0 aromatic heterocycles. The molecule has 24 heavy (non-hydrogen) atoms. The summed E-state index contributed by atoms with van der Waals surface area (Å²) < 4.78 is 52.5. The molecule has 0 aromatic rings. The Morgan fingerprint density at radius 1 is 1.00 bits per heavy atom. The zero-order chi connectivity index (χ0) is 21.3. The van der Waals surface area contributed by atoms with E-state index in [2.05, 4.69) is 0 Å². The van der Waals surface area contributed by atoms with Gasteiger partial charge in [-0.25, -0.2) is 0 Å². The van der Waals surface area contributed by atoms with Crippen LogP contribution in [0.1, 0.15) is 33.1 Å². The highest BCUT2D eigenvalue weighted by Gasteiger charge is 2.52. The molecular formula is C14H20O10. The molecular weight excluding hydrogens is 328 g/mol. The monoisotopic (exact) mass is 352 g/mol. The molecule has 0 radical (unpaired) electrons. The van der Waals surface area contributed by atoms with Crippen LogP contribution < -0.4 is 0 Å². The molecule has 1 saturated heterocycles. The molecule has 1 aliphatic heterocycles. The Balaban J connectivity index is 3.10. The molecule has 1 rings (SSSR count). The fourth-order valence-electron chi connectivity index (χ4n) is 2.07. The van der Waals surface area contributed by atoms with Crippen molar-refractivity contribution in [1.82, 2.24) is 0 Å². The molecule has 136 valence electrons. The number of hydrogen-bond acceptors (Lipinski definition) is 10. The number of esters is 4. The van der Waals surface area contributed by atoms with Crippen molar-refractivity contribution in [2.24, 2.45) is 0 Å². The molecule has 5 atom stereocenters. The third-order valence-electron chi connectivity index (χ3n) is 2.82. The van der Waals surface area contributed by atoms with Gasteiger partial charge >= 0.3 is 23.9 Å². The maximum absolute atomic E-state index is 11.6. The number of carbonyl (C=O) groups excluding carboxylic acids is 4. The van der Waals surface area contributed by atoms with E-state index in [9.17, 15) is 24.3 Å². The van der Waals surface area contributed by atoms with Gasteiger partial charge in [0.1, 0.15) is 12.7 Å². The van der Waals surface area contributed by atoms with E-state index in [4.69, 9.17) is 29.2 Å². The van der Waals surface area contributed by atoms with Crippen molar-refractivity contribution in [3.05, 3.63) is 0 Å². The van der Waals surface area contributed by atoms with Crippen molar-refractivity contribution in [2.45, 2.75) is 58.3 Å². The van der Waals surface area contributed by atoms with Crippen LogP contribution in [-0.4, -0.2) is 66.3 Å². The average Bonchev–Trinajstić information content (AvgIpc) is 2.99. The molecule has 10 nitrogen and oxygen atoms in total. The van der Waals surface area contributed by atoms with Gasteiger partial charge in [-0.2, -0.15) is 0 Å². The van der Waals surface area contributed by atoms with E-state index in [1.807, 2.05) is 0 Å². The van der Waals surface area contributed by atoms with Crippen molar-refractivity contribution >= 4 is 23.9 Å². The SMILES string of the molecule is [2H]CC(=O)OC[C@@H](OC(=O)C[2H])[C@@H]1OC(O)[C@H](OC(=O)C[2H])[C@H]1OC(=O)C[2H]. The van der Waals surface area contributed by atoms with E-state index < -0.39 is 88.8 Å². The molecule has 0 aromatic carbocycles. The average molecular weight is 352 g/mol. The predicted molar refractivity (Wildman–Crippen MR) is 74.2 cm³/mol. The highest BCUT2D eigenvalue weighted by atomic mass is 16.7. The normalized spacial score (nSPS) is 29.2. The summed E-state index contributed by atoms with van der Waals surface area (Å²) in [4.78, 5) is 45.7. The fraction of sp³-hybridized carbons (Fsp3) is 0.714. The standard InChI is InChI=1S/C14H20O10/c1-6(15)20-5-10(21-7(2)16)11-12(22-8(3)17)13(14(19)24-11)23-9(4)18/h10-14,19H,5H2,1-4H3/t10-,11+,12+,13-,14?/m1/s1/i1D,2D,3D,4D. The van der Waals surface area contributed by atoms with E-state index >= 15 is 0 Å². The van der Waals surface area contributed by atoms with Gasteiger partial charge < -0.3 is 28.8 Å². The van der Waals surface area contributed by atoms with Gasteiger partial charge in [-0.1, -0.05) is 0 Å². The second kappa shape index (κ2) is 8.60. The van der Waals surface area contributed by atoms with E-state index in [1.165, 1.54) is 0 Å². The Bertz CT molecular complexity index is 574. The maximum Gasteiger partial charge on any atom is 0.303 e. The first-order chi connectivity index (χ1) is 13.3. The van der Waals surface area contributed by atoms with Crippen LogP contribution in [0.15, 0.2) is 0 Å². The van der Waals surface area contributed by atoms with E-state index in [0.29, 0.717) is 0 Å². The molecule has 0 amide bonds. The first-order valence-corrected chi connectivity index (χ1v) is 6.51. The van der Waals surface area contributed by atoms with E-state index in [-0.39, 0.29) is 0 Å². The molecule has 0 bridgehead atoms. The summed E-state index contributed by atoms with van der Waals surface area (Å²) in [5.74, 6) is -4.17. The van der Waals surface area contributed by atoms with Gasteiger partial charge in [-0.15, -0.1) is 0 Å². The number of aliphatic hydroxyl groups is 1. The van der Waals surface area contributed by atoms with E-state index in [0.717, 1.165) is 0 Å². The van der Waals surface area contributed by atoms with Crippen LogP contribution >= 0.6 is 0 Å². The molecule has 0 aliphatic carbocycles. The van der Waals surface area contributed by atoms with Crippen LogP contribution in [0, 0.1) is 0 Å². The number of carbonyl (C=O) groups is 4. The quantitative estimate of drug-likeness (QED) is 0.471. The number of ether oxygens (including phenoxy) is 5. The summed E-state index contributed by atoms with van der Waals surface area (Å²) in [6, 6.07) is 0. The van der Waals surface area contributed by atoms with Crippen molar-refractivity contribution in [1.29, 1.82) is 0 Å². The molecule has 0 saturated carbocycles. The lowest BCUT2D eigenvalue weighted by molar-refractivity contribution is -0.184. The predicted octanol–water partition coefficient (Wildman–Crippen LogP) is -0.938. The number of rotatable bonds is 6. The molecule has 0 spiro atoms. The first kappa shape index (κ1) is 14.2. The van der Waals surface area contributed by atoms with Gasteiger partial charge in [0.2, 0.25) is 0 Å². The fourth-order valence-corrected chi connectivity index (χ4v) is 2.07. The molecule has 10 heteroatoms. The summed E-state index contributed by atoms with van der Waals surface area (Å²) in [5.41, 5.74) is 0. The van der Waals surface area contributed by atoms with Crippen LogP contribution in [0.25, 0.3) is 0 Å². The minimum atomic E-state index is -1.84. The van der Waals surface area contributed by atoms with Gasteiger partial charge in [-0.05, 0) is 0 Å². The van der Waals surface area contributed by atoms with Crippen LogP contribution in [0.2, 0.25) is 0 Å². The Hall–Kier alpha value is -2.20. The lowest BCUT2D eigenvalue weighted by Gasteiger charge is -2.27.